The predicted octanol–water partition coefficient (Wildman–Crippen LogP) is 6.34. The van der Waals surface area contributed by atoms with Crippen molar-refractivity contribution < 1.29 is 14.3 Å². The number of nitrogens with zero attached hydrogens (tertiary/aromatic N) is 3. The molecule has 0 bridgehead atoms. The second-order valence-corrected chi connectivity index (χ2v) is 11.7. The molecule has 7 nitrogen and oxygen atoms in total. The van der Waals surface area contributed by atoms with Crippen LogP contribution in [0.25, 0.3) is 6.08 Å². The van der Waals surface area contributed by atoms with Gasteiger partial charge in [-0.05, 0) is 67.0 Å². The summed E-state index contributed by atoms with van der Waals surface area (Å²) in [6.45, 7) is 0. The number of hydrogen-bond donors (Lipinski definition) is 1. The molecular weight excluding hydrogens is 548 g/mol. The summed E-state index contributed by atoms with van der Waals surface area (Å²) in [4.78, 5) is 34.4. The highest BCUT2D eigenvalue weighted by Crippen LogP contribution is 2.38. The number of rotatable bonds is 6. The van der Waals surface area contributed by atoms with Crippen molar-refractivity contribution in [2.75, 3.05) is 23.1 Å². The topological polar surface area (TPSA) is 94.8 Å². The first kappa shape index (κ1) is 25.5. The minimum atomic E-state index is -0.310. The van der Waals surface area contributed by atoms with Gasteiger partial charge in [0.25, 0.3) is 5.91 Å². The van der Waals surface area contributed by atoms with Crippen LogP contribution in [0.1, 0.15) is 33.7 Å². The number of amides is 2. The van der Waals surface area contributed by atoms with Gasteiger partial charge in [-0.1, -0.05) is 29.4 Å². The molecule has 0 atom stereocenters. The first-order valence-corrected chi connectivity index (χ1v) is 14.5. The van der Waals surface area contributed by atoms with Gasteiger partial charge < -0.3 is 10.1 Å². The molecule has 0 fully saturated rings. The van der Waals surface area contributed by atoms with Gasteiger partial charge in [-0.2, -0.15) is 5.26 Å². The summed E-state index contributed by atoms with van der Waals surface area (Å²) < 4.78 is 5.24. The molecule has 3 aromatic rings. The zero-order chi connectivity index (χ0) is 25.9. The van der Waals surface area contributed by atoms with E-state index in [2.05, 4.69) is 16.4 Å². The summed E-state index contributed by atoms with van der Waals surface area (Å²) in [7, 11) is 1.52. The monoisotopic (exact) mass is 568 g/mol. The Hall–Kier alpha value is -3.10. The van der Waals surface area contributed by atoms with Crippen LogP contribution in [0.2, 0.25) is 5.02 Å². The maximum atomic E-state index is 13.4. The highest BCUT2D eigenvalue weighted by molar-refractivity contribution is 8.14. The summed E-state index contributed by atoms with van der Waals surface area (Å²) in [5.74, 6) is -0.0653. The van der Waals surface area contributed by atoms with Crippen LogP contribution in [-0.4, -0.2) is 29.8 Å². The summed E-state index contributed by atoms with van der Waals surface area (Å²) in [5, 5.41) is 15.8. The van der Waals surface area contributed by atoms with Crippen LogP contribution in [0, 0.1) is 11.3 Å². The number of benzene rings is 1. The molecular formula is C26H21ClN4O3S3. The van der Waals surface area contributed by atoms with Gasteiger partial charge in [-0.3, -0.25) is 14.5 Å². The Morgan fingerprint density at radius 1 is 1.35 bits per heavy atom. The molecule has 1 aromatic carbocycles. The summed E-state index contributed by atoms with van der Waals surface area (Å²) in [6, 6.07) is 11.1. The number of aryl methyl sites for hydroxylation is 1. The van der Waals surface area contributed by atoms with Crippen molar-refractivity contribution in [1.82, 2.24) is 0 Å². The molecule has 0 saturated heterocycles. The Labute approximate surface area is 231 Å². The van der Waals surface area contributed by atoms with Crippen molar-refractivity contribution in [3.8, 4) is 11.8 Å². The number of anilines is 2. The maximum absolute atomic E-state index is 13.4. The summed E-state index contributed by atoms with van der Waals surface area (Å²) in [6.07, 6.45) is 5.70. The standard InChI is InChI=1S/C26H21ClN4O3S3/c1-34-21-9-8-15(11-19(21)27)31-25(33)20(12-16-5-4-10-35-16)29-26(31)36-14-23(32)30-24-18(13-28)17-6-2-3-7-22(17)37-24/h4-5,8-12H,2-3,6-7,14H2,1H3,(H,30,32)/b20-12+. The van der Waals surface area contributed by atoms with Gasteiger partial charge in [0.15, 0.2) is 5.17 Å². The number of carbonyl (C=O) groups is 2. The molecule has 5 rings (SSSR count). The number of halogens is 1. The van der Waals surface area contributed by atoms with Crippen LogP contribution < -0.4 is 15.0 Å². The largest absolute Gasteiger partial charge is 0.495 e. The first-order valence-electron chi connectivity index (χ1n) is 11.5. The number of amidine groups is 1. The molecule has 11 heteroatoms. The van der Waals surface area contributed by atoms with Crippen molar-refractivity contribution >= 4 is 79.8 Å². The van der Waals surface area contributed by atoms with Crippen molar-refractivity contribution in [3.05, 3.63) is 67.3 Å². The molecule has 1 N–H and O–H groups in total. The fourth-order valence-electron chi connectivity index (χ4n) is 4.19. The first-order chi connectivity index (χ1) is 18.0. The van der Waals surface area contributed by atoms with E-state index >= 15 is 0 Å². The number of aliphatic imine (C=N–C) groups is 1. The lowest BCUT2D eigenvalue weighted by molar-refractivity contribution is -0.114. The number of nitriles is 1. The van der Waals surface area contributed by atoms with Gasteiger partial charge in [-0.15, -0.1) is 22.7 Å². The lowest BCUT2D eigenvalue weighted by Crippen LogP contribution is -2.31. The number of methoxy groups -OCH3 is 1. The summed E-state index contributed by atoms with van der Waals surface area (Å²) in [5.41, 5.74) is 2.44. The van der Waals surface area contributed by atoms with Crippen LogP contribution in [0.5, 0.6) is 5.75 Å². The van der Waals surface area contributed by atoms with E-state index in [4.69, 9.17) is 16.3 Å². The Morgan fingerprint density at radius 3 is 2.92 bits per heavy atom. The number of thiophene rings is 2. The molecule has 3 heterocycles. The second kappa shape index (κ2) is 11.1. The Morgan fingerprint density at radius 2 is 2.19 bits per heavy atom. The molecule has 0 spiro atoms. The van der Waals surface area contributed by atoms with E-state index in [1.165, 1.54) is 39.6 Å². The van der Waals surface area contributed by atoms with Crippen LogP contribution in [-0.2, 0) is 22.4 Å². The minimum absolute atomic E-state index is 0.0201. The zero-order valence-electron chi connectivity index (χ0n) is 19.7. The van der Waals surface area contributed by atoms with Crippen LogP contribution in [0.3, 0.4) is 0 Å². The van der Waals surface area contributed by atoms with Gasteiger partial charge in [-0.25, -0.2) is 4.99 Å². The van der Waals surface area contributed by atoms with E-state index in [0.717, 1.165) is 47.9 Å². The van der Waals surface area contributed by atoms with E-state index < -0.39 is 0 Å². The average molecular weight is 569 g/mol. The highest BCUT2D eigenvalue weighted by Gasteiger charge is 2.33. The van der Waals surface area contributed by atoms with E-state index in [0.29, 0.717) is 32.2 Å². The third kappa shape index (κ3) is 5.31. The molecule has 0 unspecified atom stereocenters. The van der Waals surface area contributed by atoms with E-state index in [-0.39, 0.29) is 23.3 Å². The average Bonchev–Trinajstić information content (AvgIpc) is 3.60. The van der Waals surface area contributed by atoms with Gasteiger partial charge in [0, 0.05) is 9.75 Å². The SMILES string of the molecule is COc1ccc(N2C(=O)/C(=C\c3cccs3)N=C2SCC(=O)Nc2sc3c(c2C#N)CCCC3)cc1Cl. The van der Waals surface area contributed by atoms with Crippen molar-refractivity contribution in [2.24, 2.45) is 4.99 Å². The molecule has 0 radical (unpaired) electrons. The Balaban J connectivity index is 1.37. The molecule has 2 aliphatic rings. The molecule has 2 aromatic heterocycles. The number of ether oxygens (including phenoxy) is 1. The number of fused-ring (bicyclic) bond motifs is 1. The lowest BCUT2D eigenvalue weighted by Gasteiger charge is -2.18. The summed E-state index contributed by atoms with van der Waals surface area (Å²) >= 11 is 10.5. The number of nitrogens with one attached hydrogen (secondary N) is 1. The fourth-order valence-corrected chi connectivity index (χ4v) is 7.16. The molecule has 0 saturated carbocycles. The van der Waals surface area contributed by atoms with Crippen molar-refractivity contribution in [3.63, 3.8) is 0 Å². The predicted molar refractivity (Wildman–Crippen MR) is 152 cm³/mol. The smallest absolute Gasteiger partial charge is 0.283 e. The van der Waals surface area contributed by atoms with E-state index in [9.17, 15) is 14.9 Å². The fraction of sp³-hybridized carbons (Fsp3) is 0.231. The molecule has 37 heavy (non-hydrogen) atoms. The van der Waals surface area contributed by atoms with E-state index in [1.807, 2.05) is 17.5 Å². The number of thioether (sulfide) groups is 1. The van der Waals surface area contributed by atoms with E-state index in [1.54, 1.807) is 24.3 Å². The minimum Gasteiger partial charge on any atom is -0.495 e. The Kier molecular flexibility index (Phi) is 7.67. The normalized spacial score (nSPS) is 15.9. The van der Waals surface area contributed by atoms with Crippen LogP contribution in [0.15, 0.2) is 46.4 Å². The lowest BCUT2D eigenvalue weighted by atomic mass is 9.96. The van der Waals surface area contributed by atoms with Crippen LogP contribution >= 0.6 is 46.0 Å². The molecule has 1 aliphatic heterocycles. The third-order valence-corrected chi connectivity index (χ3v) is 9.17. The Bertz CT molecular complexity index is 1470. The zero-order valence-corrected chi connectivity index (χ0v) is 23.0. The maximum Gasteiger partial charge on any atom is 0.283 e. The van der Waals surface area contributed by atoms with Gasteiger partial charge in [0.1, 0.15) is 22.5 Å². The van der Waals surface area contributed by atoms with Gasteiger partial charge >= 0.3 is 0 Å². The number of hydrogen-bond acceptors (Lipinski definition) is 8. The van der Waals surface area contributed by atoms with Crippen molar-refractivity contribution in [1.29, 1.82) is 5.26 Å². The molecule has 2 amide bonds. The number of carbonyl (C=O) groups excluding carboxylic acids is 2. The van der Waals surface area contributed by atoms with Gasteiger partial charge in [0.05, 0.1) is 29.1 Å². The quantitative estimate of drug-likeness (QED) is 0.350. The third-order valence-electron chi connectivity index (χ3n) is 5.91. The molecule has 1 aliphatic carbocycles. The highest BCUT2D eigenvalue weighted by atomic mass is 35.5. The van der Waals surface area contributed by atoms with Gasteiger partial charge in [0.2, 0.25) is 5.91 Å². The van der Waals surface area contributed by atoms with Crippen LogP contribution in [0.4, 0.5) is 10.7 Å². The van der Waals surface area contributed by atoms with Crippen molar-refractivity contribution in [2.45, 2.75) is 25.7 Å². The second-order valence-electron chi connectivity index (χ2n) is 8.26. The molecule has 188 valence electrons.